The average molecular weight is 595 g/mol. The number of ether oxygens (including phenoxy) is 3. The molecule has 1 aliphatic carbocycles. The highest BCUT2D eigenvalue weighted by atomic mass is 16.8. The van der Waals surface area contributed by atoms with E-state index >= 15 is 0 Å². The molecule has 232 valence electrons. The second-order valence-electron chi connectivity index (χ2n) is 13.1. The fourth-order valence-electron chi connectivity index (χ4n) is 6.20. The fraction of sp³-hybridized carbons (Fsp3) is 0.600. The van der Waals surface area contributed by atoms with E-state index in [1.165, 1.54) is 11.9 Å². The van der Waals surface area contributed by atoms with Gasteiger partial charge in [0.05, 0.1) is 20.0 Å². The number of hydrogen-bond donors (Lipinski definition) is 3. The fourth-order valence-corrected chi connectivity index (χ4v) is 6.20. The molecule has 2 saturated heterocycles. The molecule has 4 heterocycles. The van der Waals surface area contributed by atoms with Crippen LogP contribution < -0.4 is 16.4 Å². The number of urea groups is 1. The summed E-state index contributed by atoms with van der Waals surface area (Å²) in [7, 11) is 1.67. The maximum atomic E-state index is 12.5. The first-order valence-electron chi connectivity index (χ1n) is 14.8. The third-order valence-electron chi connectivity index (χ3n) is 8.56. The number of rotatable bonds is 8. The van der Waals surface area contributed by atoms with Gasteiger partial charge in [0.25, 0.3) is 0 Å². The largest absolute Gasteiger partial charge is 0.382 e. The van der Waals surface area contributed by atoms with Crippen molar-refractivity contribution in [2.45, 2.75) is 89.2 Å². The molecule has 1 aromatic carbocycles. The summed E-state index contributed by atoms with van der Waals surface area (Å²) in [5, 5.41) is 7.89. The van der Waals surface area contributed by atoms with Crippen LogP contribution in [0.1, 0.15) is 59.3 Å². The van der Waals surface area contributed by atoms with E-state index in [0.29, 0.717) is 36.0 Å². The van der Waals surface area contributed by atoms with Crippen LogP contribution in [0.3, 0.4) is 0 Å². The molecule has 13 nitrogen and oxygen atoms in total. The summed E-state index contributed by atoms with van der Waals surface area (Å²) < 4.78 is 21.0. The number of hydroxylamine groups is 2. The lowest BCUT2D eigenvalue weighted by atomic mass is 9.80. The molecule has 3 aliphatic rings. The standard InChI is InChI=1S/C30H42N8O5/c1-29(2,3)18-7-9-19(10-8-18)36-28(39)32-13-17-11-20(12-17)38(40-6)14-21-23-24(43-30(4,5)42-23)27(41-21)37-16-35-22-25(31)33-15-34-26(22)37/h7-10,15-17,20-21,23-24,27H,11-14H2,1-6H3,(H2,31,33,34)(H2,32,36,39)/t17?,20?,21-,23-,24-,27-/m1/s1. The summed E-state index contributed by atoms with van der Waals surface area (Å²) >= 11 is 0. The lowest BCUT2D eigenvalue weighted by Crippen LogP contribution is -2.51. The molecule has 0 spiro atoms. The maximum Gasteiger partial charge on any atom is 0.319 e. The highest BCUT2D eigenvalue weighted by molar-refractivity contribution is 5.89. The zero-order valence-corrected chi connectivity index (χ0v) is 25.6. The van der Waals surface area contributed by atoms with E-state index in [-0.39, 0.29) is 35.8 Å². The van der Waals surface area contributed by atoms with Crippen LogP contribution in [0.25, 0.3) is 11.2 Å². The lowest BCUT2D eigenvalue weighted by molar-refractivity contribution is -0.230. The molecule has 0 unspecified atom stereocenters. The summed E-state index contributed by atoms with van der Waals surface area (Å²) in [4.78, 5) is 31.2. The third-order valence-corrected chi connectivity index (χ3v) is 8.56. The Kier molecular flexibility index (Phi) is 7.80. The first kappa shape index (κ1) is 29.7. The summed E-state index contributed by atoms with van der Waals surface area (Å²) in [5.74, 6) is -0.0972. The van der Waals surface area contributed by atoms with E-state index in [9.17, 15) is 4.79 Å². The maximum absolute atomic E-state index is 12.5. The van der Waals surface area contributed by atoms with E-state index in [0.717, 1.165) is 18.5 Å². The molecular weight excluding hydrogens is 552 g/mol. The van der Waals surface area contributed by atoms with Gasteiger partial charge >= 0.3 is 6.03 Å². The molecule has 4 N–H and O–H groups in total. The normalized spacial score (nSPS) is 28.2. The van der Waals surface area contributed by atoms with Gasteiger partial charge in [0.15, 0.2) is 23.5 Å². The predicted octanol–water partition coefficient (Wildman–Crippen LogP) is 3.59. The van der Waals surface area contributed by atoms with E-state index in [2.05, 4.69) is 58.5 Å². The zero-order valence-electron chi connectivity index (χ0n) is 25.6. The molecule has 3 aromatic rings. The van der Waals surface area contributed by atoms with Crippen molar-refractivity contribution in [1.29, 1.82) is 0 Å². The molecule has 43 heavy (non-hydrogen) atoms. The Hall–Kier alpha value is -3.36. The highest BCUT2D eigenvalue weighted by Gasteiger charge is 2.57. The van der Waals surface area contributed by atoms with Gasteiger partial charge in [-0.2, -0.15) is 5.06 Å². The van der Waals surface area contributed by atoms with Crippen LogP contribution in [0.2, 0.25) is 0 Å². The molecule has 6 rings (SSSR count). The van der Waals surface area contributed by atoms with Crippen molar-refractivity contribution >= 4 is 28.7 Å². The van der Waals surface area contributed by atoms with Crippen molar-refractivity contribution in [3.05, 3.63) is 42.5 Å². The lowest BCUT2D eigenvalue weighted by Gasteiger charge is -2.42. The Morgan fingerprint density at radius 3 is 2.56 bits per heavy atom. The first-order valence-corrected chi connectivity index (χ1v) is 14.8. The molecule has 2 aromatic heterocycles. The van der Waals surface area contributed by atoms with Gasteiger partial charge in [0.1, 0.15) is 30.2 Å². The first-order chi connectivity index (χ1) is 20.4. The van der Waals surface area contributed by atoms with Crippen molar-refractivity contribution in [2.75, 3.05) is 31.2 Å². The van der Waals surface area contributed by atoms with Gasteiger partial charge in [-0.05, 0) is 55.7 Å². The number of nitrogens with one attached hydrogen (secondary N) is 2. The van der Waals surface area contributed by atoms with Crippen molar-refractivity contribution in [3.8, 4) is 0 Å². The van der Waals surface area contributed by atoms with Crippen LogP contribution in [0, 0.1) is 5.92 Å². The molecule has 4 atom stereocenters. The summed E-state index contributed by atoms with van der Waals surface area (Å²) in [5.41, 5.74) is 9.17. The molecule has 3 fully saturated rings. The van der Waals surface area contributed by atoms with E-state index in [1.807, 2.05) is 35.6 Å². The Labute approximate surface area is 251 Å². The minimum absolute atomic E-state index is 0.0683. The minimum Gasteiger partial charge on any atom is -0.382 e. The second kappa shape index (κ2) is 11.3. The number of carbonyl (C=O) groups is 1. The minimum atomic E-state index is -0.764. The van der Waals surface area contributed by atoms with Gasteiger partial charge in [-0.3, -0.25) is 4.57 Å². The van der Waals surface area contributed by atoms with E-state index in [1.54, 1.807) is 13.4 Å². The Bertz CT molecular complexity index is 1450. The summed E-state index contributed by atoms with van der Waals surface area (Å²) in [6, 6.07) is 7.98. The van der Waals surface area contributed by atoms with Crippen LogP contribution in [0.15, 0.2) is 36.9 Å². The number of aromatic nitrogens is 4. The van der Waals surface area contributed by atoms with Crippen LogP contribution >= 0.6 is 0 Å². The SMILES string of the molecule is CON(C[C@H]1O[C@@H](n2cnc3c(N)ncnc32)[C@@H]2OC(C)(C)O[C@@H]21)C1CC(CNC(=O)Nc2ccc(C(C)(C)C)cc2)C1. The molecular formula is C30H42N8O5. The highest BCUT2D eigenvalue weighted by Crippen LogP contribution is 2.44. The van der Waals surface area contributed by atoms with Gasteiger partial charge < -0.3 is 35.4 Å². The van der Waals surface area contributed by atoms with E-state index < -0.39 is 12.0 Å². The number of nitrogens with zero attached hydrogens (tertiary/aromatic N) is 5. The number of benzene rings is 1. The van der Waals surface area contributed by atoms with Crippen LogP contribution in [-0.4, -0.2) is 81.0 Å². The number of carbonyl (C=O) groups excluding carboxylic acids is 1. The molecule has 2 aliphatic heterocycles. The molecule has 0 bridgehead atoms. The number of anilines is 2. The van der Waals surface area contributed by atoms with Crippen LogP contribution in [-0.2, 0) is 24.5 Å². The number of nitrogens with two attached hydrogens (primary N) is 1. The third kappa shape index (κ3) is 6.04. The number of nitrogen functional groups attached to an aromatic ring is 1. The van der Waals surface area contributed by atoms with Crippen LogP contribution in [0.5, 0.6) is 0 Å². The van der Waals surface area contributed by atoms with Gasteiger partial charge in [0.2, 0.25) is 0 Å². The Morgan fingerprint density at radius 2 is 1.86 bits per heavy atom. The Morgan fingerprint density at radius 1 is 1.14 bits per heavy atom. The zero-order chi connectivity index (χ0) is 30.5. The van der Waals surface area contributed by atoms with Crippen molar-refractivity contribution in [2.24, 2.45) is 5.92 Å². The van der Waals surface area contributed by atoms with Crippen molar-refractivity contribution in [1.82, 2.24) is 29.9 Å². The van der Waals surface area contributed by atoms with Gasteiger partial charge in [-0.15, -0.1) is 0 Å². The summed E-state index contributed by atoms with van der Waals surface area (Å²) in [6.07, 6.45) is 3.36. The topological polar surface area (TPSA) is 151 Å². The van der Waals surface area contributed by atoms with Crippen molar-refractivity contribution < 1.29 is 23.8 Å². The number of imidazole rings is 1. The van der Waals surface area contributed by atoms with Gasteiger partial charge in [-0.25, -0.2) is 19.7 Å². The second-order valence-corrected chi connectivity index (χ2v) is 13.1. The number of hydrogen-bond acceptors (Lipinski definition) is 10. The molecule has 13 heteroatoms. The quantitative estimate of drug-likeness (QED) is 0.330. The molecule has 0 radical (unpaired) electrons. The molecule has 2 amide bonds. The van der Waals surface area contributed by atoms with Gasteiger partial charge in [-0.1, -0.05) is 32.9 Å². The predicted molar refractivity (Wildman–Crippen MR) is 160 cm³/mol. The smallest absolute Gasteiger partial charge is 0.319 e. The van der Waals surface area contributed by atoms with Crippen molar-refractivity contribution in [3.63, 3.8) is 0 Å². The summed E-state index contributed by atoms with van der Waals surface area (Å²) in [6.45, 7) is 11.4. The average Bonchev–Trinajstić information content (AvgIpc) is 3.58. The molecule has 1 saturated carbocycles. The van der Waals surface area contributed by atoms with E-state index in [4.69, 9.17) is 24.8 Å². The Balaban J connectivity index is 1.03. The monoisotopic (exact) mass is 594 g/mol. The van der Waals surface area contributed by atoms with Gasteiger partial charge in [0, 0.05) is 18.3 Å². The number of fused-ring (bicyclic) bond motifs is 2. The number of amides is 2. The van der Waals surface area contributed by atoms with Crippen LogP contribution in [0.4, 0.5) is 16.3 Å².